The van der Waals surface area contributed by atoms with Crippen molar-refractivity contribution >= 4 is 29.2 Å². The van der Waals surface area contributed by atoms with Crippen LogP contribution in [0.15, 0.2) is 18.2 Å². The molecule has 104 valence electrons. The highest BCUT2D eigenvalue weighted by atomic mass is 35.5. The molecule has 0 radical (unpaired) electrons. The molecule has 4 nitrogen and oxygen atoms in total. The summed E-state index contributed by atoms with van der Waals surface area (Å²) in [7, 11) is 0. The van der Waals surface area contributed by atoms with Crippen molar-refractivity contribution in [1.29, 1.82) is 0 Å². The molecule has 2 rings (SSSR count). The summed E-state index contributed by atoms with van der Waals surface area (Å²) in [6.07, 6.45) is 0.0676. The monoisotopic (exact) mass is 303 g/mol. The summed E-state index contributed by atoms with van der Waals surface area (Å²) in [6.45, 7) is 2.32. The van der Waals surface area contributed by atoms with E-state index in [9.17, 15) is 4.79 Å². The topological polar surface area (TPSA) is 49.8 Å². The van der Waals surface area contributed by atoms with Crippen molar-refractivity contribution in [3.63, 3.8) is 0 Å². The van der Waals surface area contributed by atoms with Crippen molar-refractivity contribution in [1.82, 2.24) is 4.90 Å². The average molecular weight is 304 g/mol. The smallest absolute Gasteiger partial charge is 0.305 e. The second-order valence-corrected chi connectivity index (χ2v) is 5.38. The van der Waals surface area contributed by atoms with E-state index in [4.69, 9.17) is 33.0 Å². The normalized spacial score (nSPS) is 20.4. The van der Waals surface area contributed by atoms with Crippen molar-refractivity contribution in [3.05, 3.63) is 33.8 Å². The largest absolute Gasteiger partial charge is 0.481 e. The van der Waals surface area contributed by atoms with Crippen LogP contribution in [0.5, 0.6) is 0 Å². The highest BCUT2D eigenvalue weighted by molar-refractivity contribution is 6.33. The molecule has 19 heavy (non-hydrogen) atoms. The predicted molar refractivity (Wildman–Crippen MR) is 73.7 cm³/mol. The van der Waals surface area contributed by atoms with Gasteiger partial charge in [-0.25, -0.2) is 0 Å². The Hall–Kier alpha value is -0.810. The van der Waals surface area contributed by atoms with Gasteiger partial charge in [0.1, 0.15) is 0 Å². The van der Waals surface area contributed by atoms with Crippen molar-refractivity contribution in [2.45, 2.75) is 19.0 Å². The first-order chi connectivity index (χ1) is 9.06. The average Bonchev–Trinajstić information content (AvgIpc) is 2.35. The zero-order valence-corrected chi connectivity index (χ0v) is 11.8. The fraction of sp³-hybridized carbons (Fsp3) is 0.462. The van der Waals surface area contributed by atoms with Crippen LogP contribution in [0.1, 0.15) is 12.0 Å². The standard InChI is InChI=1S/C13H15Cl2NO3/c14-10-1-2-12(15)9(5-10)7-16-3-4-19-8-11(16)6-13(17)18/h1-2,5,11H,3-4,6-8H2,(H,17,18). The van der Waals surface area contributed by atoms with Crippen LogP contribution in [0.25, 0.3) is 0 Å². The molecule has 0 aliphatic carbocycles. The van der Waals surface area contributed by atoms with E-state index in [0.717, 1.165) is 5.56 Å². The summed E-state index contributed by atoms with van der Waals surface area (Å²) >= 11 is 12.1. The first kappa shape index (κ1) is 14.6. The van der Waals surface area contributed by atoms with Gasteiger partial charge in [0, 0.05) is 29.2 Å². The van der Waals surface area contributed by atoms with E-state index in [1.807, 2.05) is 6.07 Å². The lowest BCUT2D eigenvalue weighted by atomic mass is 10.1. The maximum atomic E-state index is 10.9. The Morgan fingerprint density at radius 3 is 3.00 bits per heavy atom. The Morgan fingerprint density at radius 2 is 2.26 bits per heavy atom. The van der Waals surface area contributed by atoms with E-state index in [2.05, 4.69) is 4.90 Å². The molecule has 6 heteroatoms. The predicted octanol–water partition coefficient (Wildman–Crippen LogP) is 2.67. The molecule has 1 aromatic rings. The molecule has 0 saturated carbocycles. The number of ether oxygens (including phenoxy) is 1. The number of morpholine rings is 1. The van der Waals surface area contributed by atoms with Gasteiger partial charge in [0.05, 0.1) is 19.6 Å². The van der Waals surface area contributed by atoms with Gasteiger partial charge in [-0.15, -0.1) is 0 Å². The van der Waals surface area contributed by atoms with Gasteiger partial charge in [-0.1, -0.05) is 23.2 Å². The van der Waals surface area contributed by atoms with E-state index < -0.39 is 5.97 Å². The Morgan fingerprint density at radius 1 is 1.47 bits per heavy atom. The quantitative estimate of drug-likeness (QED) is 0.929. The molecule has 1 aliphatic rings. The van der Waals surface area contributed by atoms with E-state index in [1.54, 1.807) is 12.1 Å². The third-order valence-corrected chi connectivity index (χ3v) is 3.74. The number of nitrogens with zero attached hydrogens (tertiary/aromatic N) is 1. The molecule has 1 aliphatic heterocycles. The van der Waals surface area contributed by atoms with Crippen LogP contribution in [0.2, 0.25) is 10.0 Å². The molecule has 0 aromatic heterocycles. The zero-order chi connectivity index (χ0) is 13.8. The van der Waals surface area contributed by atoms with Gasteiger partial charge in [0.2, 0.25) is 0 Å². The third-order valence-electron chi connectivity index (χ3n) is 3.14. The Bertz CT molecular complexity index is 467. The molecule has 1 saturated heterocycles. The van der Waals surface area contributed by atoms with Gasteiger partial charge in [0.15, 0.2) is 0 Å². The lowest BCUT2D eigenvalue weighted by Crippen LogP contribution is -2.45. The number of carboxylic acid groups (broad SMARTS) is 1. The van der Waals surface area contributed by atoms with Crippen LogP contribution in [-0.4, -0.2) is 41.8 Å². The summed E-state index contributed by atoms with van der Waals surface area (Å²) in [4.78, 5) is 12.9. The van der Waals surface area contributed by atoms with E-state index in [0.29, 0.717) is 36.3 Å². The Labute approximate surface area is 121 Å². The van der Waals surface area contributed by atoms with Crippen LogP contribution in [0.3, 0.4) is 0 Å². The summed E-state index contributed by atoms with van der Waals surface area (Å²) in [5.74, 6) is -0.822. The molecule has 1 fully saturated rings. The number of benzene rings is 1. The van der Waals surface area contributed by atoms with Crippen molar-refractivity contribution in [2.24, 2.45) is 0 Å². The Balaban J connectivity index is 2.10. The number of halogens is 2. The van der Waals surface area contributed by atoms with Crippen LogP contribution in [-0.2, 0) is 16.1 Å². The zero-order valence-electron chi connectivity index (χ0n) is 10.3. The molecule has 1 unspecified atom stereocenters. The van der Waals surface area contributed by atoms with E-state index in [1.165, 1.54) is 0 Å². The summed E-state index contributed by atoms with van der Waals surface area (Å²) in [6, 6.07) is 5.19. The van der Waals surface area contributed by atoms with E-state index in [-0.39, 0.29) is 12.5 Å². The summed E-state index contributed by atoms with van der Waals surface area (Å²) in [5.41, 5.74) is 0.909. The van der Waals surface area contributed by atoms with Crippen molar-refractivity contribution in [3.8, 4) is 0 Å². The second-order valence-electron chi connectivity index (χ2n) is 4.53. The summed E-state index contributed by atoms with van der Waals surface area (Å²) in [5, 5.41) is 10.2. The van der Waals surface area contributed by atoms with Gasteiger partial charge < -0.3 is 9.84 Å². The number of rotatable bonds is 4. The first-order valence-corrected chi connectivity index (χ1v) is 6.79. The van der Waals surface area contributed by atoms with Gasteiger partial charge in [-0.05, 0) is 23.8 Å². The molecule has 1 heterocycles. The molecule has 1 N–H and O–H groups in total. The minimum absolute atomic E-state index is 0.0676. The van der Waals surface area contributed by atoms with Crippen LogP contribution < -0.4 is 0 Å². The molecule has 1 aromatic carbocycles. The highest BCUT2D eigenvalue weighted by Crippen LogP contribution is 2.24. The molecule has 0 amide bonds. The van der Waals surface area contributed by atoms with Gasteiger partial charge >= 0.3 is 5.97 Å². The molecular formula is C13H15Cl2NO3. The minimum atomic E-state index is -0.822. The fourth-order valence-electron chi connectivity index (χ4n) is 2.17. The van der Waals surface area contributed by atoms with Gasteiger partial charge in [-0.3, -0.25) is 9.69 Å². The first-order valence-electron chi connectivity index (χ1n) is 6.04. The van der Waals surface area contributed by atoms with Crippen LogP contribution >= 0.6 is 23.2 Å². The number of hydrogen-bond donors (Lipinski definition) is 1. The number of aliphatic carboxylic acids is 1. The molecule has 1 atom stereocenters. The number of carbonyl (C=O) groups is 1. The maximum absolute atomic E-state index is 10.9. The number of carboxylic acids is 1. The minimum Gasteiger partial charge on any atom is -0.481 e. The number of hydrogen-bond acceptors (Lipinski definition) is 3. The lowest BCUT2D eigenvalue weighted by Gasteiger charge is -2.35. The molecule has 0 bridgehead atoms. The molecular weight excluding hydrogens is 289 g/mol. The third kappa shape index (κ3) is 4.08. The summed E-state index contributed by atoms with van der Waals surface area (Å²) < 4.78 is 5.34. The van der Waals surface area contributed by atoms with Crippen molar-refractivity contribution < 1.29 is 14.6 Å². The maximum Gasteiger partial charge on any atom is 0.305 e. The van der Waals surface area contributed by atoms with Crippen molar-refractivity contribution in [2.75, 3.05) is 19.8 Å². The second kappa shape index (κ2) is 6.57. The SMILES string of the molecule is O=C(O)CC1COCCN1Cc1cc(Cl)ccc1Cl. The fourth-order valence-corrected chi connectivity index (χ4v) is 2.54. The van der Waals surface area contributed by atoms with Gasteiger partial charge in [0.25, 0.3) is 0 Å². The lowest BCUT2D eigenvalue weighted by molar-refractivity contribution is -0.140. The van der Waals surface area contributed by atoms with E-state index >= 15 is 0 Å². The van der Waals surface area contributed by atoms with Gasteiger partial charge in [-0.2, -0.15) is 0 Å². The van der Waals surface area contributed by atoms with Crippen LogP contribution in [0, 0.1) is 0 Å². The van der Waals surface area contributed by atoms with Crippen LogP contribution in [0.4, 0.5) is 0 Å². The Kier molecular flexibility index (Phi) is 5.05. The highest BCUT2D eigenvalue weighted by Gasteiger charge is 2.25. The molecule has 0 spiro atoms.